The molecule has 3 aromatic heterocycles. The number of piperidine rings is 1. The molecule has 0 radical (unpaired) electrons. The van der Waals surface area contributed by atoms with Gasteiger partial charge < -0.3 is 16.0 Å². The van der Waals surface area contributed by atoms with Crippen molar-refractivity contribution in [3.8, 4) is 0 Å². The number of nitrogens with one attached hydrogen (secondary N) is 1. The van der Waals surface area contributed by atoms with Crippen LogP contribution in [0.25, 0.3) is 0 Å². The standard InChI is InChI=1S/C14H17N5OS.C11H15NO.CH4/c15-12(20)11-13(17-10-6-2-3-7-16-10)21-14(18-11)19-8-4-1-5-9-19;1-8(13)9-5-6-10(12-7-9)11(2,3)4;/h2-3,6-7H,1,4-5,8-9H2,(H2,15,20)(H,16,17);5-7H,1-4H3;1H4. The summed E-state index contributed by atoms with van der Waals surface area (Å²) in [6.45, 7) is 9.81. The number of amides is 1. The van der Waals surface area contributed by atoms with E-state index in [2.05, 4.69) is 45.9 Å². The summed E-state index contributed by atoms with van der Waals surface area (Å²) in [7, 11) is 0. The van der Waals surface area contributed by atoms with Crippen LogP contribution in [0.4, 0.5) is 16.0 Å². The zero-order valence-corrected chi connectivity index (χ0v) is 21.0. The Kier molecular flexibility index (Phi) is 9.89. The quantitative estimate of drug-likeness (QED) is 0.443. The average molecular weight is 497 g/mol. The number of Topliss-reactive ketones (excluding diaryl/α,β-unsaturated/α-hetero) is 1. The maximum Gasteiger partial charge on any atom is 0.270 e. The molecule has 4 rings (SSSR count). The van der Waals surface area contributed by atoms with Gasteiger partial charge >= 0.3 is 0 Å². The molecule has 3 aromatic rings. The van der Waals surface area contributed by atoms with Gasteiger partial charge in [-0.15, -0.1) is 0 Å². The first-order valence-electron chi connectivity index (χ1n) is 11.4. The van der Waals surface area contributed by atoms with Crippen molar-refractivity contribution in [1.82, 2.24) is 15.0 Å². The summed E-state index contributed by atoms with van der Waals surface area (Å²) >= 11 is 1.45. The molecule has 188 valence electrons. The van der Waals surface area contributed by atoms with Crippen molar-refractivity contribution >= 4 is 39.0 Å². The number of anilines is 3. The fourth-order valence-electron chi connectivity index (χ4n) is 3.38. The molecule has 3 N–H and O–H groups in total. The number of carbonyl (C=O) groups excluding carboxylic acids is 2. The first-order valence-corrected chi connectivity index (χ1v) is 12.2. The molecule has 0 spiro atoms. The van der Waals surface area contributed by atoms with E-state index >= 15 is 0 Å². The molecule has 35 heavy (non-hydrogen) atoms. The SMILES string of the molecule is C.CC(=O)c1ccc(C(C)(C)C)nc1.NC(=O)c1nc(N2CCCCC2)sc1Nc1ccccn1. The number of carbonyl (C=O) groups is 2. The molecule has 0 aliphatic carbocycles. The molecule has 1 aliphatic rings. The molecule has 0 atom stereocenters. The lowest BCUT2D eigenvalue weighted by molar-refractivity contribution is 0.0993. The van der Waals surface area contributed by atoms with Gasteiger partial charge in [-0.1, -0.05) is 45.6 Å². The number of aromatic nitrogens is 3. The minimum Gasteiger partial charge on any atom is -0.364 e. The molecule has 0 bridgehead atoms. The van der Waals surface area contributed by atoms with Crippen LogP contribution in [-0.2, 0) is 5.41 Å². The second-order valence-corrected chi connectivity index (χ2v) is 10.1. The molecule has 0 unspecified atom stereocenters. The Labute approximate surface area is 212 Å². The van der Waals surface area contributed by atoms with Crippen molar-refractivity contribution < 1.29 is 9.59 Å². The number of nitrogens with two attached hydrogens (primary N) is 1. The van der Waals surface area contributed by atoms with Crippen LogP contribution in [0.2, 0.25) is 0 Å². The molecule has 9 heteroatoms. The van der Waals surface area contributed by atoms with Gasteiger partial charge in [0, 0.05) is 42.2 Å². The normalized spacial score (nSPS) is 13.2. The Morgan fingerprint density at radius 2 is 1.77 bits per heavy atom. The van der Waals surface area contributed by atoms with Gasteiger partial charge in [0.25, 0.3) is 5.91 Å². The van der Waals surface area contributed by atoms with Gasteiger partial charge in [-0.3, -0.25) is 14.6 Å². The van der Waals surface area contributed by atoms with Crippen molar-refractivity contribution in [3.63, 3.8) is 0 Å². The Morgan fingerprint density at radius 3 is 2.29 bits per heavy atom. The van der Waals surface area contributed by atoms with E-state index in [9.17, 15) is 9.59 Å². The van der Waals surface area contributed by atoms with Crippen LogP contribution in [0, 0.1) is 0 Å². The van der Waals surface area contributed by atoms with Crippen molar-refractivity contribution in [2.24, 2.45) is 5.73 Å². The van der Waals surface area contributed by atoms with Crippen molar-refractivity contribution in [1.29, 1.82) is 0 Å². The maximum absolute atomic E-state index is 11.6. The predicted molar refractivity (Wildman–Crippen MR) is 144 cm³/mol. The van der Waals surface area contributed by atoms with E-state index in [-0.39, 0.29) is 24.3 Å². The number of nitrogens with zero attached hydrogens (tertiary/aromatic N) is 4. The third kappa shape index (κ3) is 7.85. The van der Waals surface area contributed by atoms with Crippen LogP contribution in [0.1, 0.15) is 80.9 Å². The van der Waals surface area contributed by atoms with Crippen LogP contribution in [0.3, 0.4) is 0 Å². The Hall–Kier alpha value is -3.33. The van der Waals surface area contributed by atoms with Gasteiger partial charge in [0.05, 0.1) is 0 Å². The summed E-state index contributed by atoms with van der Waals surface area (Å²) in [4.78, 5) is 37.6. The van der Waals surface area contributed by atoms with Crippen LogP contribution in [0.15, 0.2) is 42.7 Å². The summed E-state index contributed by atoms with van der Waals surface area (Å²) in [6.07, 6.45) is 6.91. The van der Waals surface area contributed by atoms with Gasteiger partial charge in [0.1, 0.15) is 10.8 Å². The summed E-state index contributed by atoms with van der Waals surface area (Å²) in [6, 6.07) is 9.30. The molecule has 1 saturated heterocycles. The summed E-state index contributed by atoms with van der Waals surface area (Å²) < 4.78 is 0. The second-order valence-electron chi connectivity index (χ2n) is 9.16. The minimum absolute atomic E-state index is 0. The molecule has 1 aliphatic heterocycles. The molecule has 0 aromatic carbocycles. The number of hydrogen-bond acceptors (Lipinski definition) is 8. The number of primary amides is 1. The topological polar surface area (TPSA) is 114 Å². The Balaban J connectivity index is 0.000000268. The lowest BCUT2D eigenvalue weighted by Crippen LogP contribution is -2.29. The zero-order chi connectivity index (χ0) is 24.7. The Bertz CT molecular complexity index is 1100. The third-order valence-electron chi connectivity index (χ3n) is 5.32. The van der Waals surface area contributed by atoms with Crippen molar-refractivity contribution in [2.75, 3.05) is 23.3 Å². The van der Waals surface area contributed by atoms with Crippen LogP contribution < -0.4 is 16.0 Å². The smallest absolute Gasteiger partial charge is 0.270 e. The highest BCUT2D eigenvalue weighted by Gasteiger charge is 2.21. The fraction of sp³-hybridized carbons (Fsp3) is 0.423. The van der Waals surface area contributed by atoms with Crippen LogP contribution >= 0.6 is 11.3 Å². The molecule has 8 nitrogen and oxygen atoms in total. The highest BCUT2D eigenvalue weighted by molar-refractivity contribution is 7.20. The van der Waals surface area contributed by atoms with Crippen molar-refractivity contribution in [3.05, 3.63) is 59.7 Å². The van der Waals surface area contributed by atoms with Gasteiger partial charge in [0.2, 0.25) is 0 Å². The van der Waals surface area contributed by atoms with E-state index in [4.69, 9.17) is 5.73 Å². The number of ketones is 1. The van der Waals surface area contributed by atoms with Gasteiger partial charge in [-0.25, -0.2) is 9.97 Å². The molecule has 1 fully saturated rings. The molecule has 1 amide bonds. The minimum atomic E-state index is -0.520. The first kappa shape index (κ1) is 27.9. The highest BCUT2D eigenvalue weighted by Crippen LogP contribution is 2.34. The number of thiazole rings is 1. The van der Waals surface area contributed by atoms with Crippen LogP contribution in [0.5, 0.6) is 0 Å². The van der Waals surface area contributed by atoms with E-state index in [1.54, 1.807) is 19.3 Å². The lowest BCUT2D eigenvalue weighted by atomic mass is 9.91. The summed E-state index contributed by atoms with van der Waals surface area (Å²) in [5, 5.41) is 4.63. The van der Waals surface area contributed by atoms with E-state index < -0.39 is 5.91 Å². The third-order valence-corrected chi connectivity index (χ3v) is 6.35. The largest absolute Gasteiger partial charge is 0.364 e. The number of hydrogen-bond donors (Lipinski definition) is 2. The molecule has 4 heterocycles. The second kappa shape index (κ2) is 12.4. The van der Waals surface area contributed by atoms with E-state index in [0.29, 0.717) is 16.4 Å². The molecular weight excluding hydrogens is 460 g/mol. The summed E-state index contributed by atoms with van der Waals surface area (Å²) in [5.74, 6) is 0.217. The van der Waals surface area contributed by atoms with E-state index in [1.165, 1.54) is 17.8 Å². The van der Waals surface area contributed by atoms with E-state index in [0.717, 1.165) is 36.8 Å². The number of rotatable bonds is 5. The monoisotopic (exact) mass is 496 g/mol. The Morgan fingerprint density at radius 1 is 1.06 bits per heavy atom. The van der Waals surface area contributed by atoms with Gasteiger partial charge in [-0.2, -0.15) is 0 Å². The van der Waals surface area contributed by atoms with Crippen LogP contribution in [-0.4, -0.2) is 39.7 Å². The summed E-state index contributed by atoms with van der Waals surface area (Å²) in [5.41, 5.74) is 7.46. The van der Waals surface area contributed by atoms with Crippen molar-refractivity contribution in [2.45, 2.75) is 59.8 Å². The van der Waals surface area contributed by atoms with E-state index in [1.807, 2.05) is 30.3 Å². The average Bonchev–Trinajstić information content (AvgIpc) is 3.24. The van der Waals surface area contributed by atoms with Gasteiger partial charge in [-0.05, 0) is 50.5 Å². The zero-order valence-electron chi connectivity index (χ0n) is 20.2. The van der Waals surface area contributed by atoms with Gasteiger partial charge in [0.15, 0.2) is 16.6 Å². The predicted octanol–water partition coefficient (Wildman–Crippen LogP) is 5.59. The molecular formula is C26H36N6O2S. The number of pyridine rings is 2. The molecule has 0 saturated carbocycles. The lowest BCUT2D eigenvalue weighted by Gasteiger charge is -2.25. The highest BCUT2D eigenvalue weighted by atomic mass is 32.1. The maximum atomic E-state index is 11.6. The fourth-order valence-corrected chi connectivity index (χ4v) is 4.41. The first-order chi connectivity index (χ1) is 16.1.